The number of rotatable bonds is 7. The number of hydrogen-bond donors (Lipinski definition) is 2. The van der Waals surface area contributed by atoms with Gasteiger partial charge < -0.3 is 10.4 Å². The average molecular weight is 254 g/mol. The highest BCUT2D eigenvalue weighted by molar-refractivity contribution is 4.92. The largest absolute Gasteiger partial charge is 0.389 e. The highest BCUT2D eigenvalue weighted by Crippen LogP contribution is 2.32. The predicted octanol–water partition coefficient (Wildman–Crippen LogP) is 2.00. The Morgan fingerprint density at radius 1 is 1.33 bits per heavy atom. The van der Waals surface area contributed by atoms with Gasteiger partial charge in [0, 0.05) is 32.2 Å². The number of nitrogens with one attached hydrogen (secondary N) is 1. The minimum absolute atomic E-state index is 0.392. The minimum Gasteiger partial charge on any atom is -0.389 e. The van der Waals surface area contributed by atoms with Gasteiger partial charge in [0.15, 0.2) is 0 Å². The summed E-state index contributed by atoms with van der Waals surface area (Å²) in [4.78, 5) is 2.46. The zero-order valence-electron chi connectivity index (χ0n) is 12.3. The second kappa shape index (κ2) is 5.48. The number of aliphatic hydroxyl groups is 1. The molecule has 0 aromatic carbocycles. The first kappa shape index (κ1) is 14.3. The van der Waals surface area contributed by atoms with Crippen LogP contribution in [0, 0.1) is 5.41 Å². The molecule has 2 fully saturated rings. The Labute approximate surface area is 112 Å². The van der Waals surface area contributed by atoms with Crippen LogP contribution in [0.15, 0.2) is 0 Å². The lowest BCUT2D eigenvalue weighted by Crippen LogP contribution is -2.44. The Bertz CT molecular complexity index is 270. The molecule has 1 saturated heterocycles. The standard InChI is InChI=1S/C15H30N2O/c1-4-15(5-2,10-16-13-6-7-13)12-17-9-8-14(3,18)11-17/h13,16,18H,4-12H2,1-3H3. The van der Waals surface area contributed by atoms with Gasteiger partial charge in [-0.1, -0.05) is 13.8 Å². The zero-order chi connectivity index (χ0) is 13.2. The SMILES string of the molecule is CCC(CC)(CNC1CC1)CN1CCC(C)(O)C1. The summed E-state index contributed by atoms with van der Waals surface area (Å²) in [6.07, 6.45) is 6.10. The molecule has 2 N–H and O–H groups in total. The van der Waals surface area contributed by atoms with Crippen LogP contribution in [0.3, 0.4) is 0 Å². The van der Waals surface area contributed by atoms with Gasteiger partial charge in [0.25, 0.3) is 0 Å². The van der Waals surface area contributed by atoms with Gasteiger partial charge in [-0.3, -0.25) is 4.90 Å². The summed E-state index contributed by atoms with van der Waals surface area (Å²) in [5.41, 5.74) is -0.0693. The highest BCUT2D eigenvalue weighted by atomic mass is 16.3. The van der Waals surface area contributed by atoms with Crippen LogP contribution in [-0.2, 0) is 0 Å². The van der Waals surface area contributed by atoms with Crippen molar-refractivity contribution in [2.75, 3.05) is 26.2 Å². The maximum Gasteiger partial charge on any atom is 0.0758 e. The van der Waals surface area contributed by atoms with Crippen LogP contribution in [0.1, 0.15) is 52.9 Å². The van der Waals surface area contributed by atoms with Crippen molar-refractivity contribution < 1.29 is 5.11 Å². The Hall–Kier alpha value is -0.120. The van der Waals surface area contributed by atoms with E-state index in [1.165, 1.54) is 25.7 Å². The predicted molar refractivity (Wildman–Crippen MR) is 75.7 cm³/mol. The molecule has 0 bridgehead atoms. The maximum absolute atomic E-state index is 10.1. The molecule has 0 aromatic rings. The van der Waals surface area contributed by atoms with Gasteiger partial charge in [0.05, 0.1) is 5.60 Å². The molecule has 1 unspecified atom stereocenters. The first-order valence-electron chi connectivity index (χ1n) is 7.67. The molecule has 0 amide bonds. The summed E-state index contributed by atoms with van der Waals surface area (Å²) >= 11 is 0. The monoisotopic (exact) mass is 254 g/mol. The maximum atomic E-state index is 10.1. The molecule has 2 rings (SSSR count). The molecule has 1 atom stereocenters. The van der Waals surface area contributed by atoms with Crippen LogP contribution in [0.5, 0.6) is 0 Å². The van der Waals surface area contributed by atoms with E-state index in [2.05, 4.69) is 24.1 Å². The van der Waals surface area contributed by atoms with E-state index in [1.54, 1.807) is 0 Å². The summed E-state index contributed by atoms with van der Waals surface area (Å²) in [5.74, 6) is 0. The summed E-state index contributed by atoms with van der Waals surface area (Å²) in [6.45, 7) is 10.8. The molecular weight excluding hydrogens is 224 g/mol. The molecule has 18 heavy (non-hydrogen) atoms. The van der Waals surface area contributed by atoms with Gasteiger partial charge in [0.2, 0.25) is 0 Å². The fraction of sp³-hybridized carbons (Fsp3) is 1.00. The van der Waals surface area contributed by atoms with Gasteiger partial charge in [-0.15, -0.1) is 0 Å². The van der Waals surface area contributed by atoms with E-state index < -0.39 is 5.60 Å². The second-order valence-electron chi connectivity index (χ2n) is 6.82. The average Bonchev–Trinajstić information content (AvgIpc) is 3.10. The van der Waals surface area contributed by atoms with Crippen molar-refractivity contribution in [2.45, 2.75) is 64.5 Å². The smallest absolute Gasteiger partial charge is 0.0758 e. The molecule has 1 aliphatic carbocycles. The normalized spacial score (nSPS) is 30.0. The second-order valence-corrected chi connectivity index (χ2v) is 6.82. The third kappa shape index (κ3) is 3.69. The molecule has 3 heteroatoms. The van der Waals surface area contributed by atoms with Crippen LogP contribution >= 0.6 is 0 Å². The van der Waals surface area contributed by atoms with Gasteiger partial charge in [0.1, 0.15) is 0 Å². The van der Waals surface area contributed by atoms with E-state index in [-0.39, 0.29) is 0 Å². The molecule has 106 valence electrons. The molecule has 2 aliphatic rings. The van der Waals surface area contributed by atoms with Crippen molar-refractivity contribution in [3.05, 3.63) is 0 Å². The highest BCUT2D eigenvalue weighted by Gasteiger charge is 2.37. The fourth-order valence-corrected chi connectivity index (χ4v) is 3.08. The quantitative estimate of drug-likeness (QED) is 0.729. The number of likely N-dealkylation sites (tertiary alicyclic amines) is 1. The summed E-state index contributed by atoms with van der Waals surface area (Å²) in [5, 5.41) is 13.8. The molecule has 0 spiro atoms. The molecule has 1 heterocycles. The lowest BCUT2D eigenvalue weighted by molar-refractivity contribution is 0.0590. The van der Waals surface area contributed by atoms with Gasteiger partial charge in [-0.2, -0.15) is 0 Å². The van der Waals surface area contributed by atoms with E-state index in [4.69, 9.17) is 0 Å². The molecule has 1 aliphatic heterocycles. The Kier molecular flexibility index (Phi) is 4.35. The summed E-state index contributed by atoms with van der Waals surface area (Å²) in [7, 11) is 0. The van der Waals surface area contributed by atoms with Crippen molar-refractivity contribution >= 4 is 0 Å². The van der Waals surface area contributed by atoms with E-state index in [0.717, 1.165) is 38.6 Å². The molecule has 0 radical (unpaired) electrons. The Balaban J connectivity index is 1.87. The van der Waals surface area contributed by atoms with Crippen molar-refractivity contribution in [1.82, 2.24) is 10.2 Å². The fourth-order valence-electron chi connectivity index (χ4n) is 3.08. The van der Waals surface area contributed by atoms with E-state index in [0.29, 0.717) is 5.41 Å². The zero-order valence-corrected chi connectivity index (χ0v) is 12.3. The van der Waals surface area contributed by atoms with Crippen molar-refractivity contribution in [3.8, 4) is 0 Å². The number of β-amino-alcohol motifs (C(OH)–C–C–N with tert-alkyl or cyclic N) is 1. The Morgan fingerprint density at radius 3 is 2.44 bits per heavy atom. The first-order valence-corrected chi connectivity index (χ1v) is 7.67. The third-order valence-electron chi connectivity index (χ3n) is 4.93. The van der Waals surface area contributed by atoms with Gasteiger partial charge >= 0.3 is 0 Å². The molecular formula is C15H30N2O. The van der Waals surface area contributed by atoms with E-state index >= 15 is 0 Å². The van der Waals surface area contributed by atoms with Gasteiger partial charge in [-0.25, -0.2) is 0 Å². The van der Waals surface area contributed by atoms with Crippen LogP contribution in [0.25, 0.3) is 0 Å². The van der Waals surface area contributed by atoms with Crippen molar-refractivity contribution in [3.63, 3.8) is 0 Å². The van der Waals surface area contributed by atoms with Gasteiger partial charge in [-0.05, 0) is 44.4 Å². The number of nitrogens with zero attached hydrogens (tertiary/aromatic N) is 1. The molecule has 0 aromatic heterocycles. The van der Waals surface area contributed by atoms with Crippen LogP contribution in [0.2, 0.25) is 0 Å². The van der Waals surface area contributed by atoms with Crippen molar-refractivity contribution in [1.29, 1.82) is 0 Å². The summed E-state index contributed by atoms with van der Waals surface area (Å²) < 4.78 is 0. The third-order valence-corrected chi connectivity index (χ3v) is 4.93. The first-order chi connectivity index (χ1) is 8.49. The lowest BCUT2D eigenvalue weighted by atomic mass is 9.81. The topological polar surface area (TPSA) is 35.5 Å². The number of hydrogen-bond acceptors (Lipinski definition) is 3. The van der Waals surface area contributed by atoms with E-state index in [9.17, 15) is 5.11 Å². The van der Waals surface area contributed by atoms with Crippen molar-refractivity contribution in [2.24, 2.45) is 5.41 Å². The van der Waals surface area contributed by atoms with E-state index in [1.807, 2.05) is 6.92 Å². The lowest BCUT2D eigenvalue weighted by Gasteiger charge is -2.36. The van der Waals surface area contributed by atoms with Crippen LogP contribution < -0.4 is 5.32 Å². The summed E-state index contributed by atoms with van der Waals surface area (Å²) in [6, 6.07) is 0.796. The van der Waals surface area contributed by atoms with Crippen LogP contribution in [0.4, 0.5) is 0 Å². The Morgan fingerprint density at radius 2 is 2.00 bits per heavy atom. The molecule has 3 nitrogen and oxygen atoms in total. The minimum atomic E-state index is -0.461. The molecule has 1 saturated carbocycles. The van der Waals surface area contributed by atoms with Crippen LogP contribution in [-0.4, -0.2) is 47.8 Å².